The average Bonchev–Trinajstić information content (AvgIpc) is 2.73. The summed E-state index contributed by atoms with van der Waals surface area (Å²) in [5.74, 6) is -0.544. The van der Waals surface area contributed by atoms with Crippen molar-refractivity contribution in [2.24, 2.45) is 0 Å². The van der Waals surface area contributed by atoms with E-state index < -0.39 is 15.8 Å². The monoisotopic (exact) mass is 463 g/mol. The van der Waals surface area contributed by atoms with Crippen molar-refractivity contribution in [1.82, 2.24) is 10.2 Å². The van der Waals surface area contributed by atoms with Gasteiger partial charge in [-0.1, -0.05) is 23.7 Å². The number of nitrogens with zero attached hydrogens (tertiary/aromatic N) is 4. The number of aryl methyl sites for hydroxylation is 1. The number of carbonyl (C=O) groups is 1. The van der Waals surface area contributed by atoms with Crippen molar-refractivity contribution in [3.8, 4) is 0 Å². The van der Waals surface area contributed by atoms with E-state index in [2.05, 4.69) is 5.32 Å². The van der Waals surface area contributed by atoms with E-state index in [1.807, 2.05) is 4.90 Å². The van der Waals surface area contributed by atoms with Gasteiger partial charge >= 0.3 is 0 Å². The lowest BCUT2D eigenvalue weighted by atomic mass is 10.1. The third kappa shape index (κ3) is 4.89. The number of thiocarbonyl (C=S) groups is 1. The fourth-order valence-corrected chi connectivity index (χ4v) is 3.86. The number of nitro benzene ring substituents is 2. The molecule has 0 saturated carbocycles. The number of piperazine rings is 1. The third-order valence-electron chi connectivity index (χ3n) is 4.93. The fourth-order valence-electron chi connectivity index (χ4n) is 3.29. The van der Waals surface area contributed by atoms with Crippen LogP contribution in [0.2, 0.25) is 5.02 Å². The first kappa shape index (κ1) is 22.4. The summed E-state index contributed by atoms with van der Waals surface area (Å²) in [4.78, 5) is 37.5. The molecule has 10 nitrogen and oxygen atoms in total. The molecular weight excluding hydrogens is 446 g/mol. The molecule has 0 unspecified atom stereocenters. The molecule has 12 heteroatoms. The number of hydrogen-bond donors (Lipinski definition) is 1. The standard InChI is InChI=1S/C19H18ClN5O5S/c1-12-5-6-13(11-16(12)25(29)30)18(26)21-19(31)23-9-7-22(8-10-23)17-14(20)3-2-4-15(17)24(27)28/h2-6,11H,7-10H2,1H3,(H,21,26,31). The highest BCUT2D eigenvalue weighted by atomic mass is 35.5. The number of nitrogens with one attached hydrogen (secondary N) is 1. The van der Waals surface area contributed by atoms with Gasteiger partial charge in [0, 0.05) is 49.4 Å². The van der Waals surface area contributed by atoms with Gasteiger partial charge in [0.2, 0.25) is 0 Å². The molecular formula is C19H18ClN5O5S. The van der Waals surface area contributed by atoms with Crippen molar-refractivity contribution in [3.05, 3.63) is 72.8 Å². The first-order valence-electron chi connectivity index (χ1n) is 9.22. The molecule has 1 aliphatic rings. The molecule has 0 aromatic heterocycles. The fraction of sp³-hybridized carbons (Fsp3) is 0.263. The lowest BCUT2D eigenvalue weighted by Gasteiger charge is -2.37. The van der Waals surface area contributed by atoms with Gasteiger partial charge in [0.05, 0.1) is 14.9 Å². The summed E-state index contributed by atoms with van der Waals surface area (Å²) in [5.41, 5.74) is 0.723. The Morgan fingerprint density at radius 1 is 1.06 bits per heavy atom. The second-order valence-corrected chi connectivity index (χ2v) is 7.65. The summed E-state index contributed by atoms with van der Waals surface area (Å²) in [6.07, 6.45) is 0. The normalized spacial score (nSPS) is 13.6. The minimum Gasteiger partial charge on any atom is -0.361 e. The number of hydrogen-bond acceptors (Lipinski definition) is 7. The number of benzene rings is 2. The van der Waals surface area contributed by atoms with Crippen molar-refractivity contribution < 1.29 is 14.6 Å². The maximum Gasteiger partial charge on any atom is 0.294 e. The molecule has 1 saturated heterocycles. The average molecular weight is 464 g/mol. The van der Waals surface area contributed by atoms with Crippen LogP contribution in [0.5, 0.6) is 0 Å². The molecule has 3 rings (SSSR count). The number of amides is 1. The quantitative estimate of drug-likeness (QED) is 0.416. The number of rotatable bonds is 4. The lowest BCUT2D eigenvalue weighted by Crippen LogP contribution is -2.52. The molecule has 1 N–H and O–H groups in total. The Bertz CT molecular complexity index is 1070. The Morgan fingerprint density at radius 3 is 2.32 bits per heavy atom. The lowest BCUT2D eigenvalue weighted by molar-refractivity contribution is -0.385. The van der Waals surface area contributed by atoms with Crippen molar-refractivity contribution >= 4 is 51.9 Å². The van der Waals surface area contributed by atoms with Gasteiger partial charge in [-0.2, -0.15) is 0 Å². The molecule has 0 spiro atoms. The molecule has 1 aliphatic heterocycles. The molecule has 2 aromatic carbocycles. The minimum atomic E-state index is -0.544. The van der Waals surface area contributed by atoms with E-state index in [4.69, 9.17) is 23.8 Å². The summed E-state index contributed by atoms with van der Waals surface area (Å²) in [6, 6.07) is 8.74. The largest absolute Gasteiger partial charge is 0.361 e. The van der Waals surface area contributed by atoms with Gasteiger partial charge in [0.1, 0.15) is 5.69 Å². The van der Waals surface area contributed by atoms with Crippen LogP contribution in [0, 0.1) is 27.2 Å². The maximum atomic E-state index is 12.5. The van der Waals surface area contributed by atoms with Gasteiger partial charge in [0.15, 0.2) is 5.11 Å². The van der Waals surface area contributed by atoms with Gasteiger partial charge in [-0.3, -0.25) is 30.3 Å². The Kier molecular flexibility index (Phi) is 6.66. The predicted molar refractivity (Wildman–Crippen MR) is 120 cm³/mol. The van der Waals surface area contributed by atoms with Gasteiger partial charge in [-0.25, -0.2) is 0 Å². The highest BCUT2D eigenvalue weighted by Crippen LogP contribution is 2.35. The number of anilines is 1. The van der Waals surface area contributed by atoms with Crippen molar-refractivity contribution in [3.63, 3.8) is 0 Å². The zero-order valence-corrected chi connectivity index (χ0v) is 18.0. The zero-order chi connectivity index (χ0) is 22.7. The molecule has 1 amide bonds. The third-order valence-corrected chi connectivity index (χ3v) is 5.60. The summed E-state index contributed by atoms with van der Waals surface area (Å²) in [5, 5.41) is 25.5. The van der Waals surface area contributed by atoms with Crippen molar-refractivity contribution in [2.75, 3.05) is 31.1 Å². The highest BCUT2D eigenvalue weighted by Gasteiger charge is 2.27. The molecule has 0 bridgehead atoms. The van der Waals surface area contributed by atoms with Gasteiger partial charge in [0.25, 0.3) is 17.3 Å². The van der Waals surface area contributed by atoms with Crippen LogP contribution >= 0.6 is 23.8 Å². The molecule has 0 aliphatic carbocycles. The smallest absolute Gasteiger partial charge is 0.294 e. The second kappa shape index (κ2) is 9.23. The zero-order valence-electron chi connectivity index (χ0n) is 16.4. The Hall–Kier alpha value is -3.31. The van der Waals surface area contributed by atoms with E-state index in [0.29, 0.717) is 42.5 Å². The number of para-hydroxylation sites is 1. The predicted octanol–water partition coefficient (Wildman–Crippen LogP) is 3.30. The first-order valence-corrected chi connectivity index (χ1v) is 10.0. The molecule has 1 heterocycles. The molecule has 0 radical (unpaired) electrons. The second-order valence-electron chi connectivity index (χ2n) is 6.86. The van der Waals surface area contributed by atoms with Crippen LogP contribution in [0.25, 0.3) is 0 Å². The summed E-state index contributed by atoms with van der Waals surface area (Å²) >= 11 is 11.5. The van der Waals surface area contributed by atoms with Gasteiger partial charge in [-0.15, -0.1) is 0 Å². The van der Waals surface area contributed by atoms with Crippen LogP contribution in [-0.4, -0.2) is 51.9 Å². The molecule has 0 atom stereocenters. The van der Waals surface area contributed by atoms with Crippen molar-refractivity contribution in [2.45, 2.75) is 6.92 Å². The highest BCUT2D eigenvalue weighted by molar-refractivity contribution is 7.80. The van der Waals surface area contributed by atoms with E-state index >= 15 is 0 Å². The van der Waals surface area contributed by atoms with E-state index in [1.54, 1.807) is 17.9 Å². The van der Waals surface area contributed by atoms with E-state index in [-0.39, 0.29) is 22.1 Å². The van der Waals surface area contributed by atoms with E-state index in [1.165, 1.54) is 30.3 Å². The Morgan fingerprint density at radius 2 is 1.71 bits per heavy atom. The van der Waals surface area contributed by atoms with Crippen molar-refractivity contribution in [1.29, 1.82) is 0 Å². The molecule has 31 heavy (non-hydrogen) atoms. The molecule has 162 valence electrons. The molecule has 2 aromatic rings. The number of nitro groups is 2. The number of halogens is 1. The van der Waals surface area contributed by atoms with Crippen LogP contribution in [0.3, 0.4) is 0 Å². The Balaban J connectivity index is 1.65. The van der Waals surface area contributed by atoms with Crippen LogP contribution in [0.4, 0.5) is 17.1 Å². The van der Waals surface area contributed by atoms with E-state index in [9.17, 15) is 25.0 Å². The summed E-state index contributed by atoms with van der Waals surface area (Å²) in [6.45, 7) is 3.24. The topological polar surface area (TPSA) is 122 Å². The summed E-state index contributed by atoms with van der Waals surface area (Å²) < 4.78 is 0. The SMILES string of the molecule is Cc1ccc(C(=O)NC(=S)N2CCN(c3c(Cl)cccc3[N+](=O)[O-])CC2)cc1[N+](=O)[O-]. The van der Waals surface area contributed by atoms with Crippen LogP contribution in [-0.2, 0) is 0 Å². The summed E-state index contributed by atoms with van der Waals surface area (Å²) in [7, 11) is 0. The van der Waals surface area contributed by atoms with Gasteiger partial charge < -0.3 is 9.80 Å². The molecule has 1 fully saturated rings. The van der Waals surface area contributed by atoms with E-state index in [0.717, 1.165) is 0 Å². The van der Waals surface area contributed by atoms with Crippen LogP contribution in [0.15, 0.2) is 36.4 Å². The first-order chi connectivity index (χ1) is 14.7. The van der Waals surface area contributed by atoms with Crippen LogP contribution < -0.4 is 10.2 Å². The van der Waals surface area contributed by atoms with Crippen LogP contribution in [0.1, 0.15) is 15.9 Å². The Labute approximate surface area is 187 Å². The van der Waals surface area contributed by atoms with Gasteiger partial charge in [-0.05, 0) is 31.3 Å². The maximum absolute atomic E-state index is 12.5. The number of carbonyl (C=O) groups excluding carboxylic acids is 1. The minimum absolute atomic E-state index is 0.0715.